The number of rotatable bonds is 5. The van der Waals surface area contributed by atoms with Gasteiger partial charge in [-0.15, -0.1) is 0 Å². The van der Waals surface area contributed by atoms with Crippen LogP contribution in [-0.2, 0) is 4.79 Å². The average molecular weight is 236 g/mol. The number of hydrogen-bond donors (Lipinski definition) is 1. The van der Waals surface area contributed by atoms with Crippen molar-refractivity contribution >= 4 is 6.29 Å². The van der Waals surface area contributed by atoms with Crippen molar-refractivity contribution in [1.29, 1.82) is 0 Å². The molecule has 1 aromatic carbocycles. The highest BCUT2D eigenvalue weighted by atomic mass is 16.5. The average Bonchev–Trinajstić information content (AvgIpc) is 2.28. The van der Waals surface area contributed by atoms with E-state index in [-0.39, 0.29) is 11.7 Å². The summed E-state index contributed by atoms with van der Waals surface area (Å²) in [7, 11) is 1.53. The molecular weight excluding hydrogens is 216 g/mol. The molecule has 0 amide bonds. The molecule has 1 aromatic rings. The lowest BCUT2D eigenvalue weighted by atomic mass is 9.92. The molecular formula is C14H20O3. The van der Waals surface area contributed by atoms with Gasteiger partial charge in [0.25, 0.3) is 0 Å². The molecule has 94 valence electrons. The van der Waals surface area contributed by atoms with Crippen LogP contribution >= 0.6 is 0 Å². The maximum atomic E-state index is 10.6. The second kappa shape index (κ2) is 5.71. The molecule has 3 nitrogen and oxygen atoms in total. The smallest absolute Gasteiger partial charge is 0.163 e. The largest absolute Gasteiger partial charge is 0.504 e. The quantitative estimate of drug-likeness (QED) is 0.798. The first kappa shape index (κ1) is 13.6. The minimum absolute atomic E-state index is 0.0482. The normalized spacial score (nSPS) is 12.5. The van der Waals surface area contributed by atoms with Crippen LogP contribution in [0.2, 0.25) is 0 Å². The molecule has 3 heteroatoms. The fourth-order valence-electron chi connectivity index (χ4n) is 1.85. The predicted octanol–water partition coefficient (Wildman–Crippen LogP) is 3.22. The lowest BCUT2D eigenvalue weighted by Crippen LogP contribution is -2.01. The fourth-order valence-corrected chi connectivity index (χ4v) is 1.85. The molecule has 17 heavy (non-hydrogen) atoms. The molecule has 0 aliphatic carbocycles. The first-order valence-corrected chi connectivity index (χ1v) is 5.85. The van der Waals surface area contributed by atoms with Gasteiger partial charge in [-0.3, -0.25) is 0 Å². The molecule has 0 heterocycles. The fraction of sp³-hybridized carbons (Fsp3) is 0.500. The Labute approximate surface area is 102 Å². The van der Waals surface area contributed by atoms with E-state index in [2.05, 4.69) is 13.8 Å². The minimum atomic E-state index is 0.0482. The van der Waals surface area contributed by atoms with E-state index in [1.54, 1.807) is 6.07 Å². The SMILES string of the molecule is COc1c(O)cc(C(C)C)cc1C(C)CC=O. The van der Waals surface area contributed by atoms with E-state index in [4.69, 9.17) is 4.74 Å². The van der Waals surface area contributed by atoms with Crippen molar-refractivity contribution in [3.63, 3.8) is 0 Å². The number of carbonyl (C=O) groups excluding carboxylic acids is 1. The van der Waals surface area contributed by atoms with Gasteiger partial charge in [0.05, 0.1) is 7.11 Å². The number of aldehydes is 1. The molecule has 0 saturated carbocycles. The van der Waals surface area contributed by atoms with Crippen LogP contribution in [0.3, 0.4) is 0 Å². The summed E-state index contributed by atoms with van der Waals surface area (Å²) in [5.74, 6) is 0.997. The molecule has 0 saturated heterocycles. The van der Waals surface area contributed by atoms with Gasteiger partial charge in [0.1, 0.15) is 6.29 Å². The van der Waals surface area contributed by atoms with Crippen LogP contribution in [0.5, 0.6) is 11.5 Å². The zero-order valence-electron chi connectivity index (χ0n) is 10.9. The summed E-state index contributed by atoms with van der Waals surface area (Å²) >= 11 is 0. The number of carbonyl (C=O) groups is 1. The topological polar surface area (TPSA) is 46.5 Å². The summed E-state index contributed by atoms with van der Waals surface area (Å²) < 4.78 is 5.21. The van der Waals surface area contributed by atoms with Crippen molar-refractivity contribution in [2.75, 3.05) is 7.11 Å². The van der Waals surface area contributed by atoms with Gasteiger partial charge in [0.2, 0.25) is 0 Å². The van der Waals surface area contributed by atoms with Gasteiger partial charge in [-0.2, -0.15) is 0 Å². The van der Waals surface area contributed by atoms with E-state index in [0.29, 0.717) is 18.1 Å². The zero-order valence-corrected chi connectivity index (χ0v) is 10.9. The molecule has 1 rings (SSSR count). The van der Waals surface area contributed by atoms with E-state index < -0.39 is 0 Å². The molecule has 0 aliphatic heterocycles. The van der Waals surface area contributed by atoms with Crippen LogP contribution < -0.4 is 4.74 Å². The molecule has 1 N–H and O–H groups in total. The van der Waals surface area contributed by atoms with Crippen molar-refractivity contribution in [3.05, 3.63) is 23.3 Å². The molecule has 0 radical (unpaired) electrons. The van der Waals surface area contributed by atoms with Gasteiger partial charge in [-0.1, -0.05) is 26.8 Å². The van der Waals surface area contributed by atoms with Gasteiger partial charge in [-0.25, -0.2) is 0 Å². The Balaban J connectivity index is 3.27. The van der Waals surface area contributed by atoms with Crippen molar-refractivity contribution in [3.8, 4) is 11.5 Å². The first-order valence-electron chi connectivity index (χ1n) is 5.85. The summed E-state index contributed by atoms with van der Waals surface area (Å²) in [6.45, 7) is 6.08. The third kappa shape index (κ3) is 2.99. The van der Waals surface area contributed by atoms with Crippen LogP contribution in [0.1, 0.15) is 50.2 Å². The number of phenols is 1. The van der Waals surface area contributed by atoms with E-state index in [0.717, 1.165) is 17.4 Å². The van der Waals surface area contributed by atoms with Crippen molar-refractivity contribution < 1.29 is 14.6 Å². The summed E-state index contributed by atoms with van der Waals surface area (Å²) in [6, 6.07) is 3.73. The second-order valence-corrected chi connectivity index (χ2v) is 4.62. The summed E-state index contributed by atoms with van der Waals surface area (Å²) in [5, 5.41) is 9.92. The number of methoxy groups -OCH3 is 1. The Morgan fingerprint density at radius 3 is 2.47 bits per heavy atom. The summed E-state index contributed by atoms with van der Waals surface area (Å²) in [6.07, 6.45) is 1.32. The number of aromatic hydroxyl groups is 1. The summed E-state index contributed by atoms with van der Waals surface area (Å²) in [4.78, 5) is 10.6. The molecule has 0 fully saturated rings. The summed E-state index contributed by atoms with van der Waals surface area (Å²) in [5.41, 5.74) is 1.94. The van der Waals surface area contributed by atoms with Crippen LogP contribution in [0.15, 0.2) is 12.1 Å². The highest BCUT2D eigenvalue weighted by molar-refractivity contribution is 5.56. The Bertz CT molecular complexity index is 397. The number of benzene rings is 1. The Morgan fingerprint density at radius 2 is 2.00 bits per heavy atom. The van der Waals surface area contributed by atoms with E-state index in [9.17, 15) is 9.90 Å². The maximum Gasteiger partial charge on any atom is 0.163 e. The van der Waals surface area contributed by atoms with Crippen molar-refractivity contribution in [1.82, 2.24) is 0 Å². The Kier molecular flexibility index (Phi) is 4.55. The van der Waals surface area contributed by atoms with Crippen molar-refractivity contribution in [2.45, 2.75) is 39.0 Å². The van der Waals surface area contributed by atoms with E-state index in [1.807, 2.05) is 13.0 Å². The minimum Gasteiger partial charge on any atom is -0.504 e. The van der Waals surface area contributed by atoms with Gasteiger partial charge in [0.15, 0.2) is 11.5 Å². The van der Waals surface area contributed by atoms with Crippen LogP contribution in [0.4, 0.5) is 0 Å². The predicted molar refractivity (Wildman–Crippen MR) is 67.8 cm³/mol. The standard InChI is InChI=1S/C14H20O3/c1-9(2)11-7-12(10(3)5-6-15)14(17-4)13(16)8-11/h6-10,16H,5H2,1-4H3. The van der Waals surface area contributed by atoms with Gasteiger partial charge < -0.3 is 14.6 Å². The highest BCUT2D eigenvalue weighted by Crippen LogP contribution is 2.38. The van der Waals surface area contributed by atoms with Crippen molar-refractivity contribution in [2.24, 2.45) is 0 Å². The van der Waals surface area contributed by atoms with Crippen LogP contribution in [0, 0.1) is 0 Å². The van der Waals surface area contributed by atoms with Gasteiger partial charge >= 0.3 is 0 Å². The van der Waals surface area contributed by atoms with Crippen LogP contribution in [0.25, 0.3) is 0 Å². The lowest BCUT2D eigenvalue weighted by Gasteiger charge is -2.18. The Hall–Kier alpha value is -1.51. The molecule has 1 unspecified atom stereocenters. The first-order chi connectivity index (χ1) is 8.01. The highest BCUT2D eigenvalue weighted by Gasteiger charge is 2.17. The molecule has 0 aromatic heterocycles. The molecule has 1 atom stereocenters. The maximum absolute atomic E-state index is 10.6. The molecule has 0 aliphatic rings. The number of phenolic OH excluding ortho intramolecular Hbond substituents is 1. The molecule has 0 spiro atoms. The number of hydrogen-bond acceptors (Lipinski definition) is 3. The Morgan fingerprint density at radius 1 is 1.35 bits per heavy atom. The van der Waals surface area contributed by atoms with E-state index >= 15 is 0 Å². The van der Waals surface area contributed by atoms with Gasteiger partial charge in [0, 0.05) is 12.0 Å². The molecule has 0 bridgehead atoms. The second-order valence-electron chi connectivity index (χ2n) is 4.62. The zero-order chi connectivity index (χ0) is 13.0. The number of ether oxygens (including phenoxy) is 1. The monoisotopic (exact) mass is 236 g/mol. The van der Waals surface area contributed by atoms with E-state index in [1.165, 1.54) is 7.11 Å². The van der Waals surface area contributed by atoms with Crippen LogP contribution in [-0.4, -0.2) is 18.5 Å². The lowest BCUT2D eigenvalue weighted by molar-refractivity contribution is -0.108. The third-order valence-corrected chi connectivity index (χ3v) is 2.97. The van der Waals surface area contributed by atoms with Gasteiger partial charge in [-0.05, 0) is 23.5 Å². The third-order valence-electron chi connectivity index (χ3n) is 2.97.